The second kappa shape index (κ2) is 4.19. The van der Waals surface area contributed by atoms with E-state index in [1.54, 1.807) is 18.2 Å². The third kappa shape index (κ3) is 1.96. The van der Waals surface area contributed by atoms with Gasteiger partial charge >= 0.3 is 0 Å². The molecule has 0 saturated carbocycles. The van der Waals surface area contributed by atoms with Crippen LogP contribution >= 0.6 is 0 Å². The summed E-state index contributed by atoms with van der Waals surface area (Å²) in [5, 5.41) is 9.41. The Morgan fingerprint density at radius 3 is 2.50 bits per heavy atom. The Morgan fingerprint density at radius 2 is 1.81 bits per heavy atom. The van der Waals surface area contributed by atoms with Gasteiger partial charge in [-0.3, -0.25) is 4.79 Å². The van der Waals surface area contributed by atoms with Crippen LogP contribution in [0.15, 0.2) is 42.5 Å². The first-order valence-electron chi connectivity index (χ1n) is 5.06. The van der Waals surface area contributed by atoms with Crippen molar-refractivity contribution in [3.8, 4) is 16.9 Å². The minimum absolute atomic E-state index is 0.0198. The highest BCUT2D eigenvalue weighted by molar-refractivity contribution is 5.82. The molecule has 0 unspecified atom stereocenters. The molecule has 0 bridgehead atoms. The average molecular weight is 212 g/mol. The molecule has 0 heterocycles. The van der Waals surface area contributed by atoms with Gasteiger partial charge in [0.15, 0.2) is 6.29 Å². The molecular weight excluding hydrogens is 200 g/mol. The number of aryl methyl sites for hydroxylation is 1. The van der Waals surface area contributed by atoms with Crippen molar-refractivity contribution in [2.24, 2.45) is 0 Å². The normalized spacial score (nSPS) is 10.1. The van der Waals surface area contributed by atoms with Crippen molar-refractivity contribution in [3.63, 3.8) is 0 Å². The predicted molar refractivity (Wildman–Crippen MR) is 63.7 cm³/mol. The summed E-state index contributed by atoms with van der Waals surface area (Å²) < 4.78 is 0. The molecule has 2 heteroatoms. The van der Waals surface area contributed by atoms with E-state index >= 15 is 0 Å². The van der Waals surface area contributed by atoms with Gasteiger partial charge in [-0.15, -0.1) is 0 Å². The smallest absolute Gasteiger partial charge is 0.153 e. The van der Waals surface area contributed by atoms with Gasteiger partial charge in [0.1, 0.15) is 5.75 Å². The van der Waals surface area contributed by atoms with E-state index in [4.69, 9.17) is 0 Å². The minimum Gasteiger partial charge on any atom is -0.507 e. The minimum atomic E-state index is 0.0198. The molecule has 2 rings (SSSR count). The SMILES string of the molecule is Cc1cccc(-c2ccc(O)c(C=O)c2)c1. The lowest BCUT2D eigenvalue weighted by Crippen LogP contribution is -1.84. The van der Waals surface area contributed by atoms with Crippen LogP contribution in [-0.2, 0) is 0 Å². The topological polar surface area (TPSA) is 37.3 Å². The van der Waals surface area contributed by atoms with Crippen molar-refractivity contribution in [3.05, 3.63) is 53.6 Å². The fourth-order valence-corrected chi connectivity index (χ4v) is 1.65. The van der Waals surface area contributed by atoms with E-state index in [9.17, 15) is 9.90 Å². The molecule has 0 aliphatic carbocycles. The Hall–Kier alpha value is -2.09. The van der Waals surface area contributed by atoms with Crippen molar-refractivity contribution >= 4 is 6.29 Å². The van der Waals surface area contributed by atoms with E-state index in [1.165, 1.54) is 5.56 Å². The van der Waals surface area contributed by atoms with Crippen LogP contribution in [0, 0.1) is 6.92 Å². The van der Waals surface area contributed by atoms with Crippen molar-refractivity contribution in [1.82, 2.24) is 0 Å². The molecule has 2 aromatic rings. The standard InChI is InChI=1S/C14H12O2/c1-10-3-2-4-11(7-10)12-5-6-14(16)13(8-12)9-15/h2-9,16H,1H3. The third-order valence-electron chi connectivity index (χ3n) is 2.51. The van der Waals surface area contributed by atoms with Crippen molar-refractivity contribution < 1.29 is 9.90 Å². The molecule has 0 saturated heterocycles. The van der Waals surface area contributed by atoms with E-state index in [2.05, 4.69) is 0 Å². The number of hydrogen-bond donors (Lipinski definition) is 1. The molecular formula is C14H12O2. The third-order valence-corrected chi connectivity index (χ3v) is 2.51. The Kier molecular flexibility index (Phi) is 2.73. The summed E-state index contributed by atoms with van der Waals surface area (Å²) in [6.07, 6.45) is 0.661. The quantitative estimate of drug-likeness (QED) is 0.776. The number of benzene rings is 2. The lowest BCUT2D eigenvalue weighted by molar-refractivity contribution is 0.112. The average Bonchev–Trinajstić information content (AvgIpc) is 2.29. The van der Waals surface area contributed by atoms with Crippen LogP contribution in [0.3, 0.4) is 0 Å². The van der Waals surface area contributed by atoms with Crippen LogP contribution < -0.4 is 0 Å². The van der Waals surface area contributed by atoms with Crippen LogP contribution in [0.2, 0.25) is 0 Å². The van der Waals surface area contributed by atoms with Gasteiger partial charge in [0.25, 0.3) is 0 Å². The van der Waals surface area contributed by atoms with E-state index in [0.717, 1.165) is 11.1 Å². The first-order chi connectivity index (χ1) is 7.70. The molecule has 0 radical (unpaired) electrons. The van der Waals surface area contributed by atoms with Gasteiger partial charge < -0.3 is 5.11 Å². The Labute approximate surface area is 94.2 Å². The maximum Gasteiger partial charge on any atom is 0.153 e. The summed E-state index contributed by atoms with van der Waals surface area (Å²) in [7, 11) is 0. The van der Waals surface area contributed by atoms with Gasteiger partial charge in [-0.25, -0.2) is 0 Å². The number of phenolic OH excluding ortho intramolecular Hbond substituents is 1. The van der Waals surface area contributed by atoms with Crippen LogP contribution in [-0.4, -0.2) is 11.4 Å². The molecule has 1 N–H and O–H groups in total. The zero-order valence-electron chi connectivity index (χ0n) is 8.97. The van der Waals surface area contributed by atoms with Crippen molar-refractivity contribution in [2.75, 3.05) is 0 Å². The van der Waals surface area contributed by atoms with E-state index in [1.807, 2.05) is 31.2 Å². The second-order valence-corrected chi connectivity index (χ2v) is 3.76. The lowest BCUT2D eigenvalue weighted by Gasteiger charge is -2.04. The van der Waals surface area contributed by atoms with Crippen LogP contribution in [0.25, 0.3) is 11.1 Å². The molecule has 2 aromatic carbocycles. The van der Waals surface area contributed by atoms with Gasteiger partial charge in [0, 0.05) is 0 Å². The molecule has 0 fully saturated rings. The summed E-state index contributed by atoms with van der Waals surface area (Å²) in [5.74, 6) is 0.0198. The number of hydrogen-bond acceptors (Lipinski definition) is 2. The summed E-state index contributed by atoms with van der Waals surface area (Å²) in [6.45, 7) is 2.02. The Balaban J connectivity index is 2.52. The highest BCUT2D eigenvalue weighted by Gasteiger charge is 2.03. The fraction of sp³-hybridized carbons (Fsp3) is 0.0714. The van der Waals surface area contributed by atoms with Gasteiger partial charge in [0.05, 0.1) is 5.56 Å². The molecule has 80 valence electrons. The molecule has 0 atom stereocenters. The molecule has 2 nitrogen and oxygen atoms in total. The molecule has 0 aromatic heterocycles. The highest BCUT2D eigenvalue weighted by Crippen LogP contribution is 2.25. The summed E-state index contributed by atoms with van der Waals surface area (Å²) in [4.78, 5) is 10.7. The second-order valence-electron chi connectivity index (χ2n) is 3.76. The van der Waals surface area contributed by atoms with Gasteiger partial charge in [-0.2, -0.15) is 0 Å². The highest BCUT2D eigenvalue weighted by atomic mass is 16.3. The molecule has 0 spiro atoms. The zero-order chi connectivity index (χ0) is 11.5. The Bertz CT molecular complexity index is 530. The maximum atomic E-state index is 10.7. The molecule has 0 amide bonds. The number of aromatic hydroxyl groups is 1. The van der Waals surface area contributed by atoms with E-state index in [0.29, 0.717) is 11.8 Å². The lowest BCUT2D eigenvalue weighted by atomic mass is 10.0. The zero-order valence-corrected chi connectivity index (χ0v) is 8.97. The maximum absolute atomic E-state index is 10.7. The van der Waals surface area contributed by atoms with Crippen LogP contribution in [0.4, 0.5) is 0 Å². The fourth-order valence-electron chi connectivity index (χ4n) is 1.65. The molecule has 0 aliphatic heterocycles. The first kappa shape index (κ1) is 10.4. The number of carbonyl (C=O) groups excluding carboxylic acids is 1. The van der Waals surface area contributed by atoms with Gasteiger partial charge in [-0.05, 0) is 30.2 Å². The molecule has 16 heavy (non-hydrogen) atoms. The van der Waals surface area contributed by atoms with Gasteiger partial charge in [0.2, 0.25) is 0 Å². The Morgan fingerprint density at radius 1 is 1.06 bits per heavy atom. The number of phenols is 1. The van der Waals surface area contributed by atoms with Gasteiger partial charge in [-0.1, -0.05) is 35.9 Å². The molecule has 0 aliphatic rings. The summed E-state index contributed by atoms with van der Waals surface area (Å²) in [6, 6.07) is 13.0. The van der Waals surface area contributed by atoms with Crippen molar-refractivity contribution in [2.45, 2.75) is 6.92 Å². The van der Waals surface area contributed by atoms with Crippen LogP contribution in [0.1, 0.15) is 15.9 Å². The largest absolute Gasteiger partial charge is 0.507 e. The number of carbonyl (C=O) groups is 1. The van der Waals surface area contributed by atoms with E-state index in [-0.39, 0.29) is 5.75 Å². The monoisotopic (exact) mass is 212 g/mol. The van der Waals surface area contributed by atoms with E-state index < -0.39 is 0 Å². The first-order valence-corrected chi connectivity index (χ1v) is 5.06. The number of aldehydes is 1. The van der Waals surface area contributed by atoms with Crippen LogP contribution in [0.5, 0.6) is 5.75 Å². The predicted octanol–water partition coefficient (Wildman–Crippen LogP) is 3.18. The van der Waals surface area contributed by atoms with Crippen molar-refractivity contribution in [1.29, 1.82) is 0 Å². The number of rotatable bonds is 2. The summed E-state index contributed by atoms with van der Waals surface area (Å²) in [5.41, 5.74) is 3.46. The summed E-state index contributed by atoms with van der Waals surface area (Å²) >= 11 is 0.